The average Bonchev–Trinajstić information content (AvgIpc) is 2.72. The van der Waals surface area contributed by atoms with Crippen molar-refractivity contribution in [3.05, 3.63) is 50.4 Å². The van der Waals surface area contributed by atoms with Gasteiger partial charge in [-0.1, -0.05) is 45.2 Å². The topological polar surface area (TPSA) is 28.7 Å². The van der Waals surface area contributed by atoms with Gasteiger partial charge in [-0.2, -0.15) is 0 Å². The Balaban J connectivity index is 2.30. The van der Waals surface area contributed by atoms with Gasteiger partial charge in [-0.25, -0.2) is 4.98 Å². The number of aryl methyl sites for hydroxylation is 1. The number of aromatic amines is 1. The van der Waals surface area contributed by atoms with Crippen molar-refractivity contribution in [2.75, 3.05) is 0 Å². The van der Waals surface area contributed by atoms with Gasteiger partial charge in [0, 0.05) is 4.47 Å². The van der Waals surface area contributed by atoms with Crippen LogP contribution in [0.1, 0.15) is 5.56 Å². The highest BCUT2D eigenvalue weighted by Gasteiger charge is 2.13. The largest absolute Gasteiger partial charge is 0.338 e. The molecule has 0 bridgehead atoms. The van der Waals surface area contributed by atoms with Crippen LogP contribution in [-0.2, 0) is 0 Å². The molecule has 1 heterocycles. The highest BCUT2D eigenvalue weighted by atomic mass is 79.9. The molecule has 3 rings (SSSR count). The number of hydrogen-bond acceptors (Lipinski definition) is 1. The third-order valence-electron chi connectivity index (χ3n) is 2.94. The molecule has 19 heavy (non-hydrogen) atoms. The summed E-state index contributed by atoms with van der Waals surface area (Å²) in [5.41, 5.74) is 3.71. The molecule has 0 saturated heterocycles. The van der Waals surface area contributed by atoms with E-state index >= 15 is 0 Å². The van der Waals surface area contributed by atoms with E-state index in [0.717, 1.165) is 26.6 Å². The van der Waals surface area contributed by atoms with Crippen molar-refractivity contribution < 1.29 is 0 Å². The molecule has 0 aliphatic rings. The van der Waals surface area contributed by atoms with Gasteiger partial charge in [0.15, 0.2) is 0 Å². The molecule has 0 aliphatic carbocycles. The first-order valence-electron chi connectivity index (χ1n) is 5.66. The molecule has 0 atom stereocenters. The highest BCUT2D eigenvalue weighted by molar-refractivity contribution is 9.10. The number of nitrogens with one attached hydrogen (secondary N) is 1. The summed E-state index contributed by atoms with van der Waals surface area (Å²) in [6, 6.07) is 9.45. The third-order valence-corrected chi connectivity index (χ3v) is 4.03. The fourth-order valence-corrected chi connectivity index (χ4v) is 3.24. The van der Waals surface area contributed by atoms with Gasteiger partial charge in [-0.3, -0.25) is 0 Å². The van der Waals surface area contributed by atoms with Crippen molar-refractivity contribution in [3.63, 3.8) is 0 Å². The molecular weight excluding hydrogens is 347 g/mol. The van der Waals surface area contributed by atoms with Gasteiger partial charge in [0.1, 0.15) is 5.82 Å². The zero-order chi connectivity index (χ0) is 13.6. The molecule has 0 unspecified atom stereocenters. The van der Waals surface area contributed by atoms with Crippen molar-refractivity contribution in [2.24, 2.45) is 0 Å². The van der Waals surface area contributed by atoms with Gasteiger partial charge in [-0.15, -0.1) is 0 Å². The lowest BCUT2D eigenvalue weighted by Gasteiger charge is -2.02. The molecule has 0 aliphatic heterocycles. The van der Waals surface area contributed by atoms with Crippen molar-refractivity contribution in [1.29, 1.82) is 0 Å². The van der Waals surface area contributed by atoms with Crippen LogP contribution in [0.5, 0.6) is 0 Å². The zero-order valence-electron chi connectivity index (χ0n) is 9.97. The normalized spacial score (nSPS) is 11.2. The van der Waals surface area contributed by atoms with Crippen LogP contribution in [0, 0.1) is 6.92 Å². The number of halogens is 3. The molecule has 0 spiro atoms. The van der Waals surface area contributed by atoms with E-state index in [0.29, 0.717) is 15.9 Å². The maximum Gasteiger partial charge on any atom is 0.141 e. The molecule has 0 fully saturated rings. The van der Waals surface area contributed by atoms with Gasteiger partial charge in [-0.05, 0) is 36.8 Å². The van der Waals surface area contributed by atoms with Crippen LogP contribution < -0.4 is 0 Å². The van der Waals surface area contributed by atoms with E-state index in [1.165, 1.54) is 0 Å². The van der Waals surface area contributed by atoms with E-state index in [4.69, 9.17) is 23.2 Å². The van der Waals surface area contributed by atoms with Crippen LogP contribution in [0.4, 0.5) is 0 Å². The first kappa shape index (κ1) is 13.0. The Labute approximate surface area is 128 Å². The number of hydrogen-bond donors (Lipinski definition) is 1. The standard InChI is InChI=1S/C14H9BrCl2N2/c1-7-5-8(15)6-11-13(7)19-14(18-11)12-9(16)3-2-4-10(12)17/h2-6H,1H3,(H,18,19). The van der Waals surface area contributed by atoms with Crippen LogP contribution >= 0.6 is 39.1 Å². The molecule has 0 radical (unpaired) electrons. The Morgan fingerprint density at radius 1 is 1.16 bits per heavy atom. The van der Waals surface area contributed by atoms with Crippen LogP contribution in [0.3, 0.4) is 0 Å². The number of benzene rings is 2. The van der Waals surface area contributed by atoms with Gasteiger partial charge in [0.25, 0.3) is 0 Å². The maximum absolute atomic E-state index is 6.21. The first-order valence-corrected chi connectivity index (χ1v) is 7.21. The van der Waals surface area contributed by atoms with Crippen molar-refractivity contribution in [3.8, 4) is 11.4 Å². The lowest BCUT2D eigenvalue weighted by atomic mass is 10.2. The molecule has 3 aromatic rings. The van der Waals surface area contributed by atoms with E-state index in [1.54, 1.807) is 12.1 Å². The van der Waals surface area contributed by atoms with E-state index in [9.17, 15) is 0 Å². The minimum absolute atomic E-state index is 0.586. The van der Waals surface area contributed by atoms with Gasteiger partial charge >= 0.3 is 0 Å². The van der Waals surface area contributed by atoms with Crippen molar-refractivity contribution in [2.45, 2.75) is 6.92 Å². The average molecular weight is 356 g/mol. The number of rotatable bonds is 1. The minimum atomic E-state index is 0.586. The fraction of sp³-hybridized carbons (Fsp3) is 0.0714. The highest BCUT2D eigenvalue weighted by Crippen LogP contribution is 2.34. The number of H-pyrrole nitrogens is 1. The Bertz CT molecular complexity index is 760. The van der Waals surface area contributed by atoms with E-state index < -0.39 is 0 Å². The number of fused-ring (bicyclic) bond motifs is 1. The molecule has 1 N–H and O–H groups in total. The molecule has 0 amide bonds. The molecule has 1 aromatic heterocycles. The summed E-state index contributed by atoms with van der Waals surface area (Å²) in [6.45, 7) is 2.02. The zero-order valence-corrected chi connectivity index (χ0v) is 13.1. The van der Waals surface area contributed by atoms with Crippen LogP contribution in [0.25, 0.3) is 22.4 Å². The van der Waals surface area contributed by atoms with Gasteiger partial charge < -0.3 is 4.98 Å². The quantitative estimate of drug-likeness (QED) is 0.604. The predicted octanol–water partition coefficient (Wildman–Crippen LogP) is 5.61. The summed E-state index contributed by atoms with van der Waals surface area (Å²) in [4.78, 5) is 7.87. The van der Waals surface area contributed by atoms with Crippen LogP contribution in [0.2, 0.25) is 10.0 Å². The minimum Gasteiger partial charge on any atom is -0.338 e. The van der Waals surface area contributed by atoms with Crippen molar-refractivity contribution >= 4 is 50.2 Å². The second-order valence-corrected chi connectivity index (χ2v) is 6.03. The molecule has 0 saturated carbocycles. The molecule has 2 nitrogen and oxygen atoms in total. The first-order chi connectivity index (χ1) is 9.06. The SMILES string of the molecule is Cc1cc(Br)cc2[nH]c(-c3c(Cl)cccc3Cl)nc12. The molecule has 96 valence electrons. The summed E-state index contributed by atoms with van der Waals surface area (Å²) in [6.07, 6.45) is 0. The Morgan fingerprint density at radius 2 is 1.84 bits per heavy atom. The van der Waals surface area contributed by atoms with E-state index in [-0.39, 0.29) is 0 Å². The number of nitrogens with zero attached hydrogens (tertiary/aromatic N) is 1. The summed E-state index contributed by atoms with van der Waals surface area (Å²) in [5, 5.41) is 1.17. The number of imidazole rings is 1. The lowest BCUT2D eigenvalue weighted by Crippen LogP contribution is -1.83. The third kappa shape index (κ3) is 2.27. The van der Waals surface area contributed by atoms with Gasteiger partial charge in [0.05, 0.1) is 26.6 Å². The lowest BCUT2D eigenvalue weighted by molar-refractivity contribution is 1.33. The Kier molecular flexibility index (Phi) is 3.29. The summed E-state index contributed by atoms with van der Waals surface area (Å²) in [7, 11) is 0. The molecular formula is C14H9BrCl2N2. The Hall–Kier alpha value is -1.03. The fourth-order valence-electron chi connectivity index (χ4n) is 2.09. The van der Waals surface area contributed by atoms with E-state index in [2.05, 4.69) is 25.9 Å². The molecule has 5 heteroatoms. The number of aromatic nitrogens is 2. The second-order valence-electron chi connectivity index (χ2n) is 4.30. The molecule has 2 aromatic carbocycles. The van der Waals surface area contributed by atoms with Crippen molar-refractivity contribution in [1.82, 2.24) is 9.97 Å². The monoisotopic (exact) mass is 354 g/mol. The Morgan fingerprint density at radius 3 is 2.53 bits per heavy atom. The second kappa shape index (κ2) is 4.82. The van der Waals surface area contributed by atoms with E-state index in [1.807, 2.05) is 25.1 Å². The summed E-state index contributed by atoms with van der Waals surface area (Å²) < 4.78 is 1.01. The smallest absolute Gasteiger partial charge is 0.141 e. The summed E-state index contributed by atoms with van der Waals surface area (Å²) in [5.74, 6) is 0.687. The summed E-state index contributed by atoms with van der Waals surface area (Å²) >= 11 is 15.9. The van der Waals surface area contributed by atoms with Crippen LogP contribution in [0.15, 0.2) is 34.8 Å². The maximum atomic E-state index is 6.21. The van der Waals surface area contributed by atoms with Gasteiger partial charge in [0.2, 0.25) is 0 Å². The van der Waals surface area contributed by atoms with Crippen LogP contribution in [-0.4, -0.2) is 9.97 Å². The predicted molar refractivity (Wildman–Crippen MR) is 84.0 cm³/mol.